The van der Waals surface area contributed by atoms with Gasteiger partial charge in [-0.2, -0.15) is 0 Å². The molecule has 1 saturated heterocycles. The van der Waals surface area contributed by atoms with Crippen molar-refractivity contribution in [1.82, 2.24) is 10.2 Å². The molecule has 2 aromatic rings. The zero-order valence-corrected chi connectivity index (χ0v) is 12.7. The molecule has 0 amide bonds. The van der Waals surface area contributed by atoms with Crippen LogP contribution >= 0.6 is 0 Å². The van der Waals surface area contributed by atoms with Gasteiger partial charge in [-0.15, -0.1) is 10.2 Å². The van der Waals surface area contributed by atoms with Gasteiger partial charge in [0.15, 0.2) is 5.82 Å². The van der Waals surface area contributed by atoms with E-state index in [4.69, 9.17) is 4.74 Å². The minimum Gasteiger partial charge on any atom is -0.507 e. The second-order valence-corrected chi connectivity index (χ2v) is 5.54. The van der Waals surface area contributed by atoms with Crippen molar-refractivity contribution in [2.24, 2.45) is 0 Å². The number of anilines is 1. The third-order valence-corrected chi connectivity index (χ3v) is 3.79. The molecule has 0 saturated carbocycles. The number of aliphatic hydroxyl groups is 1. The Morgan fingerprint density at radius 3 is 2.83 bits per heavy atom. The number of hydrogen-bond acceptors (Lipinski definition) is 6. The second-order valence-electron chi connectivity index (χ2n) is 5.54. The van der Waals surface area contributed by atoms with Gasteiger partial charge in [0.2, 0.25) is 0 Å². The number of aliphatic hydroxyl groups excluding tert-OH is 1. The monoisotopic (exact) mass is 319 g/mol. The summed E-state index contributed by atoms with van der Waals surface area (Å²) >= 11 is 0. The number of rotatable bonds is 3. The van der Waals surface area contributed by atoms with E-state index in [9.17, 15) is 14.6 Å². The number of nitrogens with zero attached hydrogens (tertiary/aromatic N) is 3. The van der Waals surface area contributed by atoms with Gasteiger partial charge in [0.25, 0.3) is 0 Å². The highest BCUT2D eigenvalue weighted by molar-refractivity contribution is 5.68. The standard InChI is InChI=1S/C16H18FN3O3/c1-10-6-12(17)16(14(22)7-10)13-2-3-15(19-18-13)20-4-5-23-11(8-20)9-21/h2-3,6-7,11,21-22H,4-5,8-9H2,1H3/t11-/m0/s1. The predicted molar refractivity (Wildman–Crippen MR) is 82.9 cm³/mol. The Bertz CT molecular complexity index is 670. The van der Waals surface area contributed by atoms with E-state index < -0.39 is 5.82 Å². The minimum absolute atomic E-state index is 0.0462. The molecule has 1 aliphatic rings. The van der Waals surface area contributed by atoms with E-state index in [-0.39, 0.29) is 29.7 Å². The number of aromatic nitrogens is 2. The van der Waals surface area contributed by atoms with E-state index in [1.54, 1.807) is 19.1 Å². The zero-order valence-electron chi connectivity index (χ0n) is 12.7. The molecule has 0 spiro atoms. The van der Waals surface area contributed by atoms with Crippen LogP contribution in [0, 0.1) is 12.7 Å². The van der Waals surface area contributed by atoms with Gasteiger partial charge in [0, 0.05) is 13.1 Å². The summed E-state index contributed by atoms with van der Waals surface area (Å²) < 4.78 is 19.5. The number of ether oxygens (including phenoxy) is 1. The molecule has 1 atom stereocenters. The lowest BCUT2D eigenvalue weighted by molar-refractivity contribution is 0.00332. The van der Waals surface area contributed by atoms with Crippen molar-refractivity contribution in [3.63, 3.8) is 0 Å². The molecule has 23 heavy (non-hydrogen) atoms. The van der Waals surface area contributed by atoms with Gasteiger partial charge < -0.3 is 19.8 Å². The summed E-state index contributed by atoms with van der Waals surface area (Å²) in [5.74, 6) is -0.0601. The normalized spacial score (nSPS) is 18.2. The highest BCUT2D eigenvalue weighted by atomic mass is 19.1. The summed E-state index contributed by atoms with van der Waals surface area (Å²) in [4.78, 5) is 1.95. The van der Waals surface area contributed by atoms with Crippen molar-refractivity contribution in [1.29, 1.82) is 0 Å². The molecular weight excluding hydrogens is 301 g/mol. The number of morpholine rings is 1. The largest absolute Gasteiger partial charge is 0.507 e. The third kappa shape index (κ3) is 3.25. The van der Waals surface area contributed by atoms with Gasteiger partial charge in [-0.25, -0.2) is 4.39 Å². The average molecular weight is 319 g/mol. The molecule has 3 rings (SSSR count). The molecule has 1 aliphatic heterocycles. The summed E-state index contributed by atoms with van der Waals surface area (Å²) in [5.41, 5.74) is 0.956. The third-order valence-electron chi connectivity index (χ3n) is 3.79. The van der Waals surface area contributed by atoms with Gasteiger partial charge in [0.05, 0.1) is 30.6 Å². The first-order valence-corrected chi connectivity index (χ1v) is 7.39. The van der Waals surface area contributed by atoms with Gasteiger partial charge in [-0.3, -0.25) is 0 Å². The minimum atomic E-state index is -0.531. The highest BCUT2D eigenvalue weighted by Crippen LogP contribution is 2.31. The lowest BCUT2D eigenvalue weighted by Gasteiger charge is -2.32. The van der Waals surface area contributed by atoms with Crippen LogP contribution in [0.3, 0.4) is 0 Å². The van der Waals surface area contributed by atoms with Crippen LogP contribution in [0.5, 0.6) is 5.75 Å². The SMILES string of the molecule is Cc1cc(O)c(-c2ccc(N3CCO[C@H](CO)C3)nn2)c(F)c1. The van der Waals surface area contributed by atoms with Crippen LogP contribution in [-0.2, 0) is 4.74 Å². The molecule has 122 valence electrons. The van der Waals surface area contributed by atoms with Crippen LogP contribution in [0.2, 0.25) is 0 Å². The summed E-state index contributed by atoms with van der Waals surface area (Å²) in [5, 5.41) is 27.3. The first-order valence-electron chi connectivity index (χ1n) is 7.39. The van der Waals surface area contributed by atoms with E-state index in [0.29, 0.717) is 31.1 Å². The Hall–Kier alpha value is -2.25. The molecule has 0 bridgehead atoms. The van der Waals surface area contributed by atoms with E-state index in [2.05, 4.69) is 10.2 Å². The van der Waals surface area contributed by atoms with Crippen LogP contribution in [0.4, 0.5) is 10.2 Å². The molecule has 0 aliphatic carbocycles. The van der Waals surface area contributed by atoms with E-state index in [1.165, 1.54) is 12.1 Å². The predicted octanol–water partition coefficient (Wildman–Crippen LogP) is 1.49. The molecule has 0 unspecified atom stereocenters. The Labute approximate surface area is 133 Å². The van der Waals surface area contributed by atoms with Crippen molar-refractivity contribution < 1.29 is 19.3 Å². The molecular formula is C16H18FN3O3. The zero-order chi connectivity index (χ0) is 16.4. The summed E-state index contributed by atoms with van der Waals surface area (Å²) in [6.07, 6.45) is -0.246. The molecule has 1 fully saturated rings. The van der Waals surface area contributed by atoms with Crippen LogP contribution in [0.15, 0.2) is 24.3 Å². The Morgan fingerprint density at radius 2 is 2.17 bits per heavy atom. The fourth-order valence-electron chi connectivity index (χ4n) is 2.64. The van der Waals surface area contributed by atoms with Gasteiger partial charge in [-0.05, 0) is 36.8 Å². The molecule has 0 radical (unpaired) electrons. The molecule has 7 heteroatoms. The van der Waals surface area contributed by atoms with Crippen LogP contribution < -0.4 is 4.90 Å². The summed E-state index contributed by atoms with van der Waals surface area (Å²) in [6, 6.07) is 6.18. The maximum absolute atomic E-state index is 14.1. The van der Waals surface area contributed by atoms with E-state index in [1.807, 2.05) is 4.90 Å². The van der Waals surface area contributed by atoms with E-state index >= 15 is 0 Å². The first-order chi connectivity index (χ1) is 11.1. The Morgan fingerprint density at radius 1 is 1.35 bits per heavy atom. The van der Waals surface area contributed by atoms with E-state index in [0.717, 1.165) is 0 Å². The van der Waals surface area contributed by atoms with Crippen LogP contribution in [-0.4, -0.2) is 52.8 Å². The van der Waals surface area contributed by atoms with Crippen molar-refractivity contribution >= 4 is 5.82 Å². The van der Waals surface area contributed by atoms with Crippen LogP contribution in [0.1, 0.15) is 5.56 Å². The number of aryl methyl sites for hydroxylation is 1. The topological polar surface area (TPSA) is 78.7 Å². The van der Waals surface area contributed by atoms with Crippen molar-refractivity contribution in [2.75, 3.05) is 31.2 Å². The summed E-state index contributed by atoms with van der Waals surface area (Å²) in [7, 11) is 0. The average Bonchev–Trinajstić information content (AvgIpc) is 2.54. The summed E-state index contributed by atoms with van der Waals surface area (Å²) in [6.45, 7) is 3.33. The second kappa shape index (κ2) is 6.47. The number of benzene rings is 1. The van der Waals surface area contributed by atoms with Gasteiger partial charge >= 0.3 is 0 Å². The number of phenols is 1. The van der Waals surface area contributed by atoms with Crippen molar-refractivity contribution in [2.45, 2.75) is 13.0 Å². The number of aromatic hydroxyl groups is 1. The van der Waals surface area contributed by atoms with Crippen molar-refractivity contribution in [3.8, 4) is 17.0 Å². The Kier molecular flexibility index (Phi) is 4.40. The molecule has 2 heterocycles. The maximum Gasteiger partial charge on any atom is 0.151 e. The fraction of sp³-hybridized carbons (Fsp3) is 0.375. The fourth-order valence-corrected chi connectivity index (χ4v) is 2.64. The lowest BCUT2D eigenvalue weighted by atomic mass is 10.1. The smallest absolute Gasteiger partial charge is 0.151 e. The molecule has 2 N–H and O–H groups in total. The number of halogens is 1. The quantitative estimate of drug-likeness (QED) is 0.892. The Balaban J connectivity index is 1.85. The van der Waals surface area contributed by atoms with Crippen molar-refractivity contribution in [3.05, 3.63) is 35.6 Å². The molecule has 1 aromatic heterocycles. The van der Waals surface area contributed by atoms with Gasteiger partial charge in [-0.1, -0.05) is 0 Å². The van der Waals surface area contributed by atoms with Crippen LogP contribution in [0.25, 0.3) is 11.3 Å². The number of hydrogen-bond donors (Lipinski definition) is 2. The number of phenolic OH excluding ortho intramolecular Hbond substituents is 1. The highest BCUT2D eigenvalue weighted by Gasteiger charge is 2.21. The maximum atomic E-state index is 14.1. The first kappa shape index (κ1) is 15.6. The molecule has 1 aromatic carbocycles. The lowest BCUT2D eigenvalue weighted by Crippen LogP contribution is -2.44. The molecule has 6 nitrogen and oxygen atoms in total. The van der Waals surface area contributed by atoms with Gasteiger partial charge in [0.1, 0.15) is 11.6 Å².